The van der Waals surface area contributed by atoms with Crippen LogP contribution < -0.4 is 0 Å². The Hall–Kier alpha value is -0.300. The van der Waals surface area contributed by atoms with Crippen LogP contribution in [0.25, 0.3) is 0 Å². The van der Waals surface area contributed by atoms with E-state index in [0.29, 0.717) is 0 Å². The Labute approximate surface area is 70.4 Å². The molecule has 0 saturated carbocycles. The molecule has 0 aromatic rings. The first kappa shape index (κ1) is 10.7. The number of allylic oxidation sites excluding steroid dienone is 2. The minimum absolute atomic E-state index is 0.0571. The van der Waals surface area contributed by atoms with Crippen LogP contribution in [0.15, 0.2) is 12.2 Å². The second-order valence-electron chi connectivity index (χ2n) is 3.43. The molecule has 0 aliphatic heterocycles. The van der Waals surface area contributed by atoms with Crippen LogP contribution in [0.5, 0.6) is 0 Å². The molecule has 0 aliphatic rings. The molecule has 0 bridgehead atoms. The molecule has 1 nitrogen and oxygen atoms in total. The van der Waals surface area contributed by atoms with Gasteiger partial charge in [-0.1, -0.05) is 12.2 Å². The molecule has 0 radical (unpaired) electrons. The predicted octanol–water partition coefficient (Wildman–Crippen LogP) is 3.16. The van der Waals surface area contributed by atoms with Crippen molar-refractivity contribution in [1.82, 2.24) is 0 Å². The fourth-order valence-electron chi connectivity index (χ4n) is 0.914. The van der Waals surface area contributed by atoms with E-state index in [0.717, 1.165) is 6.42 Å². The van der Waals surface area contributed by atoms with E-state index in [2.05, 4.69) is 32.9 Å². The largest absolute Gasteiger partial charge is 0.379 e. The SMILES string of the molecule is C/C=C/CCCC(C)(C)OC. The van der Waals surface area contributed by atoms with Crippen molar-refractivity contribution in [3.8, 4) is 0 Å². The number of ether oxygens (including phenoxy) is 1. The molecule has 0 aliphatic carbocycles. The van der Waals surface area contributed by atoms with Gasteiger partial charge in [-0.15, -0.1) is 0 Å². The van der Waals surface area contributed by atoms with Crippen LogP contribution in [0.4, 0.5) is 0 Å². The van der Waals surface area contributed by atoms with Crippen molar-refractivity contribution in [2.45, 2.75) is 45.6 Å². The van der Waals surface area contributed by atoms with E-state index in [1.807, 2.05) is 0 Å². The van der Waals surface area contributed by atoms with Crippen LogP contribution in [0, 0.1) is 0 Å². The lowest BCUT2D eigenvalue weighted by Gasteiger charge is -2.22. The van der Waals surface area contributed by atoms with E-state index in [4.69, 9.17) is 4.74 Å². The summed E-state index contributed by atoms with van der Waals surface area (Å²) >= 11 is 0. The fraction of sp³-hybridized carbons (Fsp3) is 0.800. The number of methoxy groups -OCH3 is 1. The van der Waals surface area contributed by atoms with Gasteiger partial charge in [0.25, 0.3) is 0 Å². The van der Waals surface area contributed by atoms with Crippen LogP contribution in [-0.2, 0) is 4.74 Å². The predicted molar refractivity (Wildman–Crippen MR) is 49.8 cm³/mol. The van der Waals surface area contributed by atoms with Crippen LogP contribution in [0.3, 0.4) is 0 Å². The summed E-state index contributed by atoms with van der Waals surface area (Å²) in [4.78, 5) is 0. The lowest BCUT2D eigenvalue weighted by Crippen LogP contribution is -2.21. The van der Waals surface area contributed by atoms with Crippen LogP contribution in [0.1, 0.15) is 40.0 Å². The van der Waals surface area contributed by atoms with Gasteiger partial charge in [0.15, 0.2) is 0 Å². The molecular weight excluding hydrogens is 136 g/mol. The zero-order valence-electron chi connectivity index (χ0n) is 8.18. The quantitative estimate of drug-likeness (QED) is 0.439. The molecule has 0 spiro atoms. The zero-order chi connectivity index (χ0) is 8.74. The zero-order valence-corrected chi connectivity index (χ0v) is 8.18. The Morgan fingerprint density at radius 3 is 2.45 bits per heavy atom. The minimum atomic E-state index is 0.0571. The maximum absolute atomic E-state index is 5.29. The van der Waals surface area contributed by atoms with Crippen LogP contribution in [0.2, 0.25) is 0 Å². The first-order valence-corrected chi connectivity index (χ1v) is 4.28. The third-order valence-electron chi connectivity index (χ3n) is 1.94. The molecule has 0 aromatic carbocycles. The smallest absolute Gasteiger partial charge is 0.0622 e. The van der Waals surface area contributed by atoms with E-state index in [1.54, 1.807) is 7.11 Å². The summed E-state index contributed by atoms with van der Waals surface area (Å²) in [6.07, 6.45) is 7.81. The van der Waals surface area contributed by atoms with Gasteiger partial charge < -0.3 is 4.74 Å². The summed E-state index contributed by atoms with van der Waals surface area (Å²) in [7, 11) is 1.77. The molecule has 0 fully saturated rings. The molecule has 0 atom stereocenters. The van der Waals surface area contributed by atoms with Gasteiger partial charge in [0.1, 0.15) is 0 Å². The Balaban J connectivity index is 3.37. The topological polar surface area (TPSA) is 9.23 Å². The maximum atomic E-state index is 5.29. The lowest BCUT2D eigenvalue weighted by atomic mass is 10.0. The van der Waals surface area contributed by atoms with Gasteiger partial charge in [-0.05, 0) is 40.0 Å². The van der Waals surface area contributed by atoms with Crippen molar-refractivity contribution in [3.05, 3.63) is 12.2 Å². The molecule has 0 rings (SSSR count). The average molecular weight is 156 g/mol. The Bertz CT molecular complexity index is 114. The second-order valence-corrected chi connectivity index (χ2v) is 3.43. The van der Waals surface area contributed by atoms with E-state index in [-0.39, 0.29) is 5.60 Å². The van der Waals surface area contributed by atoms with Gasteiger partial charge in [-0.3, -0.25) is 0 Å². The van der Waals surface area contributed by atoms with E-state index in [9.17, 15) is 0 Å². The van der Waals surface area contributed by atoms with Crippen LogP contribution in [-0.4, -0.2) is 12.7 Å². The molecule has 1 heteroatoms. The average Bonchev–Trinajstić information content (AvgIpc) is 1.99. The summed E-state index contributed by atoms with van der Waals surface area (Å²) in [5.41, 5.74) is 0.0571. The summed E-state index contributed by atoms with van der Waals surface area (Å²) in [5.74, 6) is 0. The van der Waals surface area contributed by atoms with Crippen LogP contribution >= 0.6 is 0 Å². The highest BCUT2D eigenvalue weighted by molar-refractivity contribution is 4.78. The number of hydrogen-bond donors (Lipinski definition) is 0. The van der Waals surface area contributed by atoms with Crippen molar-refractivity contribution in [2.75, 3.05) is 7.11 Å². The number of unbranched alkanes of at least 4 members (excludes halogenated alkanes) is 1. The van der Waals surface area contributed by atoms with Crippen molar-refractivity contribution in [1.29, 1.82) is 0 Å². The summed E-state index contributed by atoms with van der Waals surface area (Å²) < 4.78 is 5.29. The minimum Gasteiger partial charge on any atom is -0.379 e. The van der Waals surface area contributed by atoms with E-state index >= 15 is 0 Å². The molecule has 0 aromatic heterocycles. The normalized spacial score (nSPS) is 12.7. The highest BCUT2D eigenvalue weighted by Gasteiger charge is 2.14. The number of rotatable bonds is 5. The molecule has 0 heterocycles. The van der Waals surface area contributed by atoms with Gasteiger partial charge in [0.2, 0.25) is 0 Å². The first-order chi connectivity index (χ1) is 5.12. The van der Waals surface area contributed by atoms with Crippen molar-refractivity contribution >= 4 is 0 Å². The Morgan fingerprint density at radius 2 is 2.00 bits per heavy atom. The van der Waals surface area contributed by atoms with Crippen molar-refractivity contribution in [2.24, 2.45) is 0 Å². The van der Waals surface area contributed by atoms with Gasteiger partial charge in [0, 0.05) is 7.11 Å². The maximum Gasteiger partial charge on any atom is 0.0622 e. The Morgan fingerprint density at radius 1 is 1.36 bits per heavy atom. The molecule has 66 valence electrons. The third-order valence-corrected chi connectivity index (χ3v) is 1.94. The Kier molecular flexibility index (Phi) is 5.22. The van der Waals surface area contributed by atoms with E-state index in [1.165, 1.54) is 12.8 Å². The molecule has 0 N–H and O–H groups in total. The second kappa shape index (κ2) is 5.36. The first-order valence-electron chi connectivity index (χ1n) is 4.28. The van der Waals surface area contributed by atoms with Gasteiger partial charge in [-0.2, -0.15) is 0 Å². The van der Waals surface area contributed by atoms with Gasteiger partial charge in [0.05, 0.1) is 5.60 Å². The standard InChI is InChI=1S/C10H20O/c1-5-6-7-8-9-10(2,3)11-4/h5-6H,7-9H2,1-4H3/b6-5+. The highest BCUT2D eigenvalue weighted by atomic mass is 16.5. The van der Waals surface area contributed by atoms with Crippen molar-refractivity contribution in [3.63, 3.8) is 0 Å². The molecule has 0 amide bonds. The van der Waals surface area contributed by atoms with Gasteiger partial charge >= 0.3 is 0 Å². The summed E-state index contributed by atoms with van der Waals surface area (Å²) in [5, 5.41) is 0. The molecular formula is C10H20O. The molecule has 11 heavy (non-hydrogen) atoms. The summed E-state index contributed by atoms with van der Waals surface area (Å²) in [6, 6.07) is 0. The highest BCUT2D eigenvalue weighted by Crippen LogP contribution is 2.16. The number of hydrogen-bond acceptors (Lipinski definition) is 1. The fourth-order valence-corrected chi connectivity index (χ4v) is 0.914. The van der Waals surface area contributed by atoms with E-state index < -0.39 is 0 Å². The molecule has 0 saturated heterocycles. The lowest BCUT2D eigenvalue weighted by molar-refractivity contribution is 0.0141. The summed E-state index contributed by atoms with van der Waals surface area (Å²) in [6.45, 7) is 6.31. The monoisotopic (exact) mass is 156 g/mol. The molecule has 0 unspecified atom stereocenters. The third kappa shape index (κ3) is 6.11. The van der Waals surface area contributed by atoms with Crippen molar-refractivity contribution < 1.29 is 4.74 Å². The van der Waals surface area contributed by atoms with Gasteiger partial charge in [-0.25, -0.2) is 0 Å².